The molecule has 0 saturated heterocycles. The van der Waals surface area contributed by atoms with Gasteiger partial charge < -0.3 is 40.3 Å². The first-order chi connectivity index (χ1) is 38.4. The van der Waals surface area contributed by atoms with Gasteiger partial charge >= 0.3 is 22.8 Å². The van der Waals surface area contributed by atoms with E-state index >= 15 is 0 Å². The van der Waals surface area contributed by atoms with Gasteiger partial charge in [0, 0.05) is 84.6 Å². The molecule has 33 heteroatoms. The number of aromatic amines is 2. The van der Waals surface area contributed by atoms with E-state index in [0.717, 1.165) is 0 Å². The third-order valence-corrected chi connectivity index (χ3v) is 19.4. The van der Waals surface area contributed by atoms with Crippen molar-refractivity contribution in [2.45, 2.75) is 0 Å². The largest absolute Gasteiger partial charge is 2.00 e. The summed E-state index contributed by atoms with van der Waals surface area (Å²) >= 11 is 107. The summed E-state index contributed by atoms with van der Waals surface area (Å²) in [5.41, 5.74) is -0.516. The van der Waals surface area contributed by atoms with Crippen molar-refractivity contribution in [1.29, 1.82) is 0 Å². The van der Waals surface area contributed by atoms with Gasteiger partial charge in [-0.05, 0) is 0 Å². The first kappa shape index (κ1) is 60.7. The van der Waals surface area contributed by atoms with Gasteiger partial charge in [-0.15, -0.1) is 6.42 Å². The Labute approximate surface area is 547 Å². The predicted molar refractivity (Wildman–Crippen MR) is 325 cm³/mol. The molecule has 5 aromatic carbocycles. The van der Waals surface area contributed by atoms with E-state index in [4.69, 9.17) is 212 Å². The minimum Gasteiger partial charge on any atom is -0.494 e. The molecular weight excluding hydrogens is 1450 g/mol. The summed E-state index contributed by atoms with van der Waals surface area (Å²) in [7, 11) is 1.43. The van der Waals surface area contributed by atoms with Gasteiger partial charge in [0.05, 0.1) is 115 Å². The van der Waals surface area contributed by atoms with E-state index in [0.29, 0.717) is 11.1 Å². The number of halogens is 16. The van der Waals surface area contributed by atoms with Crippen LogP contribution in [0.15, 0.2) is 44.4 Å². The van der Waals surface area contributed by atoms with Crippen LogP contribution in [0.3, 0.4) is 0 Å². The number of carbonyl (C=O) groups is 1. The number of nitrogens with zero attached hydrogens (tertiary/aromatic N) is 9. The normalized spacial score (nSPS) is 12.8. The van der Waals surface area contributed by atoms with Crippen molar-refractivity contribution in [3.05, 3.63) is 148 Å². The Morgan fingerprint density at radius 2 is 0.829 bits per heavy atom. The van der Waals surface area contributed by atoms with Crippen LogP contribution in [-0.2, 0) is 21.9 Å². The van der Waals surface area contributed by atoms with Crippen LogP contribution >= 0.6 is 186 Å². The molecule has 415 valence electrons. The molecule has 9 aromatic rings. The van der Waals surface area contributed by atoms with Crippen LogP contribution in [0.1, 0.15) is 16.7 Å². The molecular formula is C49H12Cl16CuN12O4. The maximum atomic E-state index is 12.1. The van der Waals surface area contributed by atoms with Crippen LogP contribution in [0.2, 0.25) is 80.4 Å². The van der Waals surface area contributed by atoms with Crippen LogP contribution in [-0.4, -0.2) is 63.6 Å². The molecule has 1 amide bonds. The monoisotopic (exact) mass is 1450 g/mol. The van der Waals surface area contributed by atoms with E-state index in [9.17, 15) is 19.5 Å². The molecule has 1 radical (unpaired) electrons. The molecule has 0 saturated carbocycles. The average molecular weight is 1460 g/mol. The Hall–Kier alpha value is -4.46. The van der Waals surface area contributed by atoms with E-state index in [2.05, 4.69) is 41.1 Å². The van der Waals surface area contributed by atoms with Crippen molar-refractivity contribution in [2.75, 3.05) is 7.05 Å². The summed E-state index contributed by atoms with van der Waals surface area (Å²) in [6.07, 6.45) is 5.45. The van der Waals surface area contributed by atoms with E-state index < -0.39 is 23.0 Å². The van der Waals surface area contributed by atoms with Gasteiger partial charge in [0.15, 0.2) is 0 Å². The summed E-state index contributed by atoms with van der Waals surface area (Å²) < 4.78 is 0. The van der Waals surface area contributed by atoms with Gasteiger partial charge in [-0.3, -0.25) is 19.6 Å². The number of benzene rings is 5. The van der Waals surface area contributed by atoms with Gasteiger partial charge in [0.1, 0.15) is 11.1 Å². The third-order valence-electron chi connectivity index (χ3n) is 12.2. The maximum absolute atomic E-state index is 12.1. The van der Waals surface area contributed by atoms with Crippen molar-refractivity contribution >= 4 is 247 Å². The minimum absolute atomic E-state index is 0. The SMILES string of the molecule is C#C/C(C(=O)NC)=C1/N=C(c2c(O)[nH]c(=O)[nH]c2=O)c2ccccc21.Clc1c(Cl)c(Cl)c2c(c1Cl)-c1nc-2nc2[n-]c(nc3nc(nc4[n-]c(n1)c1c(Cl)c(Cl)c(Cl)c(Cl)c41)-c1c(Cl)c(Cl)c(Cl)c(Cl)c1-3)c1c(Cl)c(Cl)c(Cl)c(Cl)c21.[Cu+2]. The van der Waals surface area contributed by atoms with Crippen molar-refractivity contribution in [2.24, 2.45) is 4.99 Å². The molecule has 0 aliphatic carbocycles. The third kappa shape index (κ3) is 9.47. The smallest absolute Gasteiger partial charge is 0.494 e. The van der Waals surface area contributed by atoms with Crippen molar-refractivity contribution in [1.82, 2.24) is 55.2 Å². The van der Waals surface area contributed by atoms with Crippen LogP contribution < -0.4 is 26.5 Å². The molecule has 4 N–H and O–H groups in total. The van der Waals surface area contributed by atoms with Crippen molar-refractivity contribution in [3.63, 3.8) is 0 Å². The Morgan fingerprint density at radius 3 is 1.15 bits per heavy atom. The zero-order chi connectivity index (χ0) is 58.3. The fraction of sp³-hybridized carbons (Fsp3) is 0.0204. The minimum atomic E-state index is -0.844. The topological polar surface area (TPSA) is 233 Å². The van der Waals surface area contributed by atoms with Gasteiger partial charge in [0.25, 0.3) is 11.5 Å². The second-order valence-electron chi connectivity index (χ2n) is 16.6. The molecule has 82 heavy (non-hydrogen) atoms. The van der Waals surface area contributed by atoms with Crippen molar-refractivity contribution in [3.8, 4) is 63.8 Å². The Morgan fingerprint density at radius 1 is 0.500 bits per heavy atom. The van der Waals surface area contributed by atoms with E-state index in [1.54, 1.807) is 24.3 Å². The number of aromatic hydroxyl groups is 1. The zero-order valence-electron chi connectivity index (χ0n) is 38.9. The Kier molecular flexibility index (Phi) is 16.8. The molecule has 4 aromatic heterocycles. The summed E-state index contributed by atoms with van der Waals surface area (Å²) in [4.78, 5) is 81.6. The fourth-order valence-corrected chi connectivity index (χ4v) is 12.8. The molecule has 0 unspecified atom stereocenters. The number of nitrogens with one attached hydrogen (secondary N) is 3. The first-order valence-corrected chi connectivity index (χ1v) is 27.8. The second-order valence-corrected chi connectivity index (χ2v) is 22.6. The van der Waals surface area contributed by atoms with Crippen LogP contribution in [0.5, 0.6) is 5.88 Å². The van der Waals surface area contributed by atoms with Gasteiger partial charge in [0.2, 0.25) is 5.88 Å². The zero-order valence-corrected chi connectivity index (χ0v) is 52.0. The molecule has 7 heterocycles. The number of amides is 1. The first-order valence-electron chi connectivity index (χ1n) is 21.8. The van der Waals surface area contributed by atoms with Crippen LogP contribution in [0.4, 0.5) is 0 Å². The van der Waals surface area contributed by atoms with Crippen molar-refractivity contribution < 1.29 is 27.0 Å². The summed E-state index contributed by atoms with van der Waals surface area (Å²) in [6, 6.07) is 6.80. The van der Waals surface area contributed by atoms with Crippen LogP contribution in [0, 0.1) is 12.3 Å². The van der Waals surface area contributed by atoms with E-state index in [-0.39, 0.29) is 210 Å². The molecule has 0 fully saturated rings. The maximum Gasteiger partial charge on any atom is 2.00 e. The summed E-state index contributed by atoms with van der Waals surface area (Å²) in [5, 5.41) is 11.4. The molecule has 16 nitrogen and oxygen atoms in total. The fourth-order valence-electron chi connectivity index (χ4n) is 8.67. The van der Waals surface area contributed by atoms with Gasteiger partial charge in [-0.1, -0.05) is 216 Å². The van der Waals surface area contributed by atoms with Crippen LogP contribution in [0.25, 0.3) is 95.4 Å². The standard InChI is InChI=1S/C32Cl16N8.C17H12N4O4.Cu/c33-9-1-2(10(34)18(42)17(9)41)26-49-25(1)53-27-3-4(12(36)20(44)19(43)11(3)35)29(50-27)55-31-7-8(16(40)24(48)23(47)15(7)39)32(52-31)56-30-6-5(28(51-30)54-26)13(37)21(45)22(46)14(6)38;1-3-8(14(22)18-2)12-9-6-4-5-7-10(9)13(19-12)11-15(23)20-17(25)21-16(11)24;/h;1,4-7H,2H3,(H,18,22)(H3,20,21,23,24,25);/q-2;;+2/b;12-8-;. The van der Waals surface area contributed by atoms with Gasteiger partial charge in [-0.25, -0.2) is 19.8 Å². The summed E-state index contributed by atoms with van der Waals surface area (Å²) in [5.74, 6) is 0.740. The number of rotatable bonds is 2. The molecule has 12 rings (SSSR count). The van der Waals surface area contributed by atoms with E-state index in [1.165, 1.54) is 7.05 Å². The van der Waals surface area contributed by atoms with Gasteiger partial charge in [-0.2, -0.15) is 0 Å². The number of hydrogen-bond acceptors (Lipinski definition) is 11. The van der Waals surface area contributed by atoms with E-state index in [1.807, 2.05) is 4.98 Å². The molecule has 3 aliphatic rings. The number of aliphatic imine (C=N–C) groups is 1. The summed E-state index contributed by atoms with van der Waals surface area (Å²) in [6.45, 7) is 0. The molecule has 0 atom stereocenters. The molecule has 0 spiro atoms. The molecule has 8 bridgehead atoms. The number of likely N-dealkylation sites (N-methyl/N-ethyl adjacent to an activating group) is 1. The number of aromatic nitrogens is 10. The Bertz CT molecular complexity index is 4480. The molecule has 3 aliphatic heterocycles. The number of hydrogen-bond donors (Lipinski definition) is 4. The Balaban J connectivity index is 0.000000243. The quantitative estimate of drug-likeness (QED) is 0.0416. The number of carbonyl (C=O) groups excluding carboxylic acids is 1. The number of fused-ring (bicyclic) bond motifs is 21. The second kappa shape index (κ2) is 22.8. The number of H-pyrrole nitrogens is 2. The average Bonchev–Trinajstić information content (AvgIpc) is 2.39. The predicted octanol–water partition coefficient (Wildman–Crippen LogP) is 16.3. The number of terminal acetylenes is 1.